The van der Waals surface area contributed by atoms with E-state index in [1.165, 1.54) is 0 Å². The van der Waals surface area contributed by atoms with Crippen molar-refractivity contribution in [2.45, 2.75) is 31.4 Å². The van der Waals surface area contributed by atoms with Crippen molar-refractivity contribution in [1.29, 1.82) is 0 Å². The second-order valence-electron chi connectivity index (χ2n) is 6.56. The van der Waals surface area contributed by atoms with Crippen LogP contribution in [0.4, 0.5) is 0 Å². The predicted molar refractivity (Wildman–Crippen MR) is 78.8 cm³/mol. The topological polar surface area (TPSA) is 58.7 Å². The molecule has 1 aromatic rings. The van der Waals surface area contributed by atoms with Crippen LogP contribution in [0.2, 0.25) is 0 Å². The molecule has 20 heavy (non-hydrogen) atoms. The molecule has 0 radical (unpaired) electrons. The van der Waals surface area contributed by atoms with Crippen LogP contribution in [0.1, 0.15) is 18.9 Å². The normalized spacial score (nSPS) is 37.5. The van der Waals surface area contributed by atoms with E-state index in [1.807, 2.05) is 18.2 Å². The number of rotatable bonds is 2. The molecule has 4 nitrogen and oxygen atoms in total. The van der Waals surface area contributed by atoms with Crippen molar-refractivity contribution in [3.05, 3.63) is 29.8 Å². The lowest BCUT2D eigenvalue weighted by molar-refractivity contribution is -0.0976. The molecule has 3 unspecified atom stereocenters. The molecule has 110 valence electrons. The van der Waals surface area contributed by atoms with Crippen LogP contribution in [0.3, 0.4) is 0 Å². The molecule has 2 aliphatic rings. The van der Waals surface area contributed by atoms with E-state index in [2.05, 4.69) is 24.9 Å². The van der Waals surface area contributed by atoms with Crippen LogP contribution in [0.25, 0.3) is 0 Å². The van der Waals surface area contributed by atoms with Crippen LogP contribution in [-0.4, -0.2) is 48.4 Å². The molecule has 1 fully saturated rings. The molecule has 2 heterocycles. The summed E-state index contributed by atoms with van der Waals surface area (Å²) >= 11 is 0. The minimum Gasteiger partial charge on any atom is -0.493 e. The first-order valence-corrected chi connectivity index (χ1v) is 7.33. The van der Waals surface area contributed by atoms with Gasteiger partial charge in [0.15, 0.2) is 0 Å². The van der Waals surface area contributed by atoms with E-state index in [0.717, 1.165) is 24.2 Å². The quantitative estimate of drug-likeness (QED) is 0.847. The Hall–Kier alpha value is -1.10. The van der Waals surface area contributed by atoms with E-state index >= 15 is 0 Å². The van der Waals surface area contributed by atoms with Crippen LogP contribution in [0.5, 0.6) is 5.75 Å². The number of para-hydroxylation sites is 1. The number of nitrogens with two attached hydrogens (primary N) is 1. The zero-order chi connectivity index (χ0) is 14.4. The van der Waals surface area contributed by atoms with E-state index in [1.54, 1.807) is 0 Å². The Labute approximate surface area is 120 Å². The van der Waals surface area contributed by atoms with Crippen molar-refractivity contribution in [3.8, 4) is 5.75 Å². The summed E-state index contributed by atoms with van der Waals surface area (Å²) in [6, 6.07) is 8.44. The molecule has 3 rings (SSSR count). The number of aliphatic hydroxyl groups is 1. The van der Waals surface area contributed by atoms with Gasteiger partial charge in [-0.1, -0.05) is 18.2 Å². The number of ether oxygens (including phenoxy) is 1. The van der Waals surface area contributed by atoms with E-state index < -0.39 is 5.60 Å². The predicted octanol–water partition coefficient (Wildman–Crippen LogP) is 1.02. The number of nitrogens with zero attached hydrogens (tertiary/aromatic N) is 1. The Morgan fingerprint density at radius 1 is 1.45 bits per heavy atom. The summed E-state index contributed by atoms with van der Waals surface area (Å²) in [6.07, 6.45) is 1.54. The van der Waals surface area contributed by atoms with Crippen molar-refractivity contribution in [2.24, 2.45) is 11.1 Å². The molecule has 1 aromatic carbocycles. The average Bonchev–Trinajstić information content (AvgIpc) is 2.72. The van der Waals surface area contributed by atoms with Gasteiger partial charge < -0.3 is 20.5 Å². The summed E-state index contributed by atoms with van der Waals surface area (Å²) in [5, 5.41) is 11.2. The highest BCUT2D eigenvalue weighted by atomic mass is 16.5. The fourth-order valence-corrected chi connectivity index (χ4v) is 3.70. The van der Waals surface area contributed by atoms with Crippen molar-refractivity contribution < 1.29 is 9.84 Å². The fraction of sp³-hybridized carbons (Fsp3) is 0.625. The summed E-state index contributed by atoms with van der Waals surface area (Å²) in [4.78, 5) is 2.21. The Bertz CT molecular complexity index is 495. The van der Waals surface area contributed by atoms with E-state index in [9.17, 15) is 5.11 Å². The maximum atomic E-state index is 11.2. The number of likely N-dealkylation sites (N-methyl/N-ethyl adjacent to an activating group) is 1. The Balaban J connectivity index is 1.94. The highest BCUT2D eigenvalue weighted by molar-refractivity contribution is 5.37. The lowest BCUT2D eigenvalue weighted by Crippen LogP contribution is -2.59. The molecule has 3 atom stereocenters. The van der Waals surface area contributed by atoms with E-state index in [-0.39, 0.29) is 5.41 Å². The molecule has 2 aliphatic heterocycles. The maximum Gasteiger partial charge on any atom is 0.122 e. The van der Waals surface area contributed by atoms with Crippen LogP contribution in [0, 0.1) is 5.41 Å². The molecular weight excluding hydrogens is 252 g/mol. The number of hydrogen-bond donors (Lipinski definition) is 2. The monoisotopic (exact) mass is 276 g/mol. The van der Waals surface area contributed by atoms with Gasteiger partial charge in [-0.15, -0.1) is 0 Å². The van der Waals surface area contributed by atoms with Crippen LogP contribution in [-0.2, 0) is 6.42 Å². The fourth-order valence-electron chi connectivity index (χ4n) is 3.70. The van der Waals surface area contributed by atoms with Gasteiger partial charge in [0.1, 0.15) is 5.75 Å². The minimum absolute atomic E-state index is 0.376. The summed E-state index contributed by atoms with van der Waals surface area (Å²) in [5.41, 5.74) is 6.08. The smallest absolute Gasteiger partial charge is 0.122 e. The molecule has 0 spiro atoms. The van der Waals surface area contributed by atoms with Gasteiger partial charge in [0.05, 0.1) is 17.6 Å². The van der Waals surface area contributed by atoms with Gasteiger partial charge in [0.25, 0.3) is 0 Å². The highest BCUT2D eigenvalue weighted by Gasteiger charge is 2.56. The van der Waals surface area contributed by atoms with Crippen molar-refractivity contribution >= 4 is 0 Å². The van der Waals surface area contributed by atoms with Crippen LogP contribution in [0.15, 0.2) is 24.3 Å². The number of benzene rings is 1. The van der Waals surface area contributed by atoms with E-state index in [0.29, 0.717) is 25.7 Å². The Kier molecular flexibility index (Phi) is 3.27. The van der Waals surface area contributed by atoms with Gasteiger partial charge in [-0.2, -0.15) is 0 Å². The lowest BCUT2D eigenvalue weighted by Gasteiger charge is -2.47. The number of hydrogen-bond acceptors (Lipinski definition) is 4. The SMILES string of the molecule is CC1CC(O)(C2(CN)COc3ccccc3C2)CN1C. The van der Waals surface area contributed by atoms with Gasteiger partial charge in [0, 0.05) is 19.1 Å². The van der Waals surface area contributed by atoms with Crippen LogP contribution < -0.4 is 10.5 Å². The molecule has 4 heteroatoms. The number of β-amino-alcohol motifs (C(OH)–C–C–N with tert-alkyl or cyclic N) is 1. The Morgan fingerprint density at radius 3 is 2.85 bits per heavy atom. The van der Waals surface area contributed by atoms with Gasteiger partial charge in [0.2, 0.25) is 0 Å². The Morgan fingerprint density at radius 2 is 2.20 bits per heavy atom. The van der Waals surface area contributed by atoms with E-state index in [4.69, 9.17) is 10.5 Å². The second kappa shape index (κ2) is 4.72. The summed E-state index contributed by atoms with van der Waals surface area (Å²) in [6.45, 7) is 3.76. The second-order valence-corrected chi connectivity index (χ2v) is 6.56. The number of fused-ring (bicyclic) bond motifs is 1. The first kappa shape index (κ1) is 13.9. The molecule has 0 amide bonds. The highest BCUT2D eigenvalue weighted by Crippen LogP contribution is 2.46. The molecular formula is C16H24N2O2. The third-order valence-electron chi connectivity index (χ3n) is 5.28. The summed E-state index contributed by atoms with van der Waals surface area (Å²) < 4.78 is 5.92. The lowest BCUT2D eigenvalue weighted by atomic mass is 9.66. The zero-order valence-electron chi connectivity index (χ0n) is 12.3. The third-order valence-corrected chi connectivity index (χ3v) is 5.28. The maximum absolute atomic E-state index is 11.2. The average molecular weight is 276 g/mol. The summed E-state index contributed by atoms with van der Waals surface area (Å²) in [7, 11) is 2.06. The van der Waals surface area contributed by atoms with Crippen molar-refractivity contribution in [2.75, 3.05) is 26.7 Å². The molecule has 0 bridgehead atoms. The standard InChI is InChI=1S/C16H24N2O2/c1-12-7-16(19,10-18(12)2)15(9-17)8-13-5-3-4-6-14(13)20-11-15/h3-6,12,19H,7-11,17H2,1-2H3. The van der Waals surface area contributed by atoms with Gasteiger partial charge in [-0.05, 0) is 38.4 Å². The molecule has 0 saturated carbocycles. The summed E-state index contributed by atoms with van der Waals surface area (Å²) in [5.74, 6) is 0.930. The molecule has 0 aliphatic carbocycles. The molecule has 0 aromatic heterocycles. The van der Waals surface area contributed by atoms with Crippen LogP contribution >= 0.6 is 0 Å². The van der Waals surface area contributed by atoms with Crippen molar-refractivity contribution in [3.63, 3.8) is 0 Å². The third kappa shape index (κ3) is 1.94. The van der Waals surface area contributed by atoms with Gasteiger partial charge in [-0.25, -0.2) is 0 Å². The van der Waals surface area contributed by atoms with Gasteiger partial charge in [-0.3, -0.25) is 0 Å². The number of likely N-dealkylation sites (tertiary alicyclic amines) is 1. The molecule has 3 N–H and O–H groups in total. The first-order chi connectivity index (χ1) is 9.50. The molecule has 1 saturated heterocycles. The van der Waals surface area contributed by atoms with Gasteiger partial charge >= 0.3 is 0 Å². The largest absolute Gasteiger partial charge is 0.493 e. The van der Waals surface area contributed by atoms with Crippen molar-refractivity contribution in [1.82, 2.24) is 4.90 Å². The zero-order valence-corrected chi connectivity index (χ0v) is 12.3. The minimum atomic E-state index is -0.774. The first-order valence-electron chi connectivity index (χ1n) is 7.33.